The summed E-state index contributed by atoms with van der Waals surface area (Å²) >= 11 is 0. The zero-order chi connectivity index (χ0) is 24.5. The Hall–Kier alpha value is -3.93. The minimum absolute atomic E-state index is 0.266. The van der Waals surface area contributed by atoms with E-state index in [0.717, 1.165) is 33.8 Å². The third-order valence-corrected chi connectivity index (χ3v) is 5.48. The summed E-state index contributed by atoms with van der Waals surface area (Å²) < 4.78 is 27.8. The summed E-state index contributed by atoms with van der Waals surface area (Å²) in [7, 11) is 4.61. The fourth-order valence-electron chi connectivity index (χ4n) is 3.54. The molecular formula is C28H30O6. The summed E-state index contributed by atoms with van der Waals surface area (Å²) in [5.41, 5.74) is 3.90. The van der Waals surface area contributed by atoms with Gasteiger partial charge in [-0.25, -0.2) is 4.79 Å². The number of esters is 1. The molecule has 178 valence electrons. The molecule has 0 aliphatic rings. The normalized spacial score (nSPS) is 10.4. The Balaban J connectivity index is 1.93. The predicted molar refractivity (Wildman–Crippen MR) is 131 cm³/mol. The molecule has 3 aromatic carbocycles. The molecule has 0 radical (unpaired) electrons. The van der Waals surface area contributed by atoms with E-state index in [-0.39, 0.29) is 6.61 Å². The van der Waals surface area contributed by atoms with Gasteiger partial charge in [0.2, 0.25) is 0 Å². The maximum atomic E-state index is 12.7. The molecule has 0 saturated heterocycles. The number of carbonyl (C=O) groups excluding carboxylic acids is 1. The zero-order valence-electron chi connectivity index (χ0n) is 20.1. The summed E-state index contributed by atoms with van der Waals surface area (Å²) in [6.07, 6.45) is 2.21. The van der Waals surface area contributed by atoms with Gasteiger partial charge in [0, 0.05) is 6.07 Å². The molecule has 0 aliphatic heterocycles. The molecule has 3 aromatic rings. The lowest BCUT2D eigenvalue weighted by Gasteiger charge is -2.20. The number of methoxy groups -OCH3 is 3. The monoisotopic (exact) mass is 462 g/mol. The van der Waals surface area contributed by atoms with E-state index in [1.165, 1.54) is 7.11 Å². The van der Waals surface area contributed by atoms with Crippen LogP contribution < -0.4 is 18.9 Å². The summed E-state index contributed by atoms with van der Waals surface area (Å²) in [5, 5.41) is 0. The van der Waals surface area contributed by atoms with Crippen molar-refractivity contribution in [2.45, 2.75) is 26.6 Å². The second-order valence-corrected chi connectivity index (χ2v) is 7.61. The first-order valence-electron chi connectivity index (χ1n) is 10.9. The lowest BCUT2D eigenvalue weighted by Crippen LogP contribution is -2.12. The Kier molecular flexibility index (Phi) is 8.57. The summed E-state index contributed by atoms with van der Waals surface area (Å²) in [6, 6.07) is 17.0. The number of ether oxygens (including phenoxy) is 5. The van der Waals surface area contributed by atoms with Crippen LogP contribution in [-0.4, -0.2) is 27.3 Å². The molecule has 0 aromatic heterocycles. The van der Waals surface area contributed by atoms with Gasteiger partial charge in [-0.1, -0.05) is 30.3 Å². The molecule has 0 aliphatic carbocycles. The van der Waals surface area contributed by atoms with Gasteiger partial charge in [-0.05, 0) is 59.9 Å². The molecule has 0 unspecified atom stereocenters. The van der Waals surface area contributed by atoms with Crippen LogP contribution in [0.5, 0.6) is 23.0 Å². The smallest absolute Gasteiger partial charge is 0.341 e. The number of hydrogen-bond acceptors (Lipinski definition) is 6. The van der Waals surface area contributed by atoms with Gasteiger partial charge in [0.15, 0.2) is 0 Å². The third kappa shape index (κ3) is 5.90. The van der Waals surface area contributed by atoms with Gasteiger partial charge in [-0.15, -0.1) is 6.58 Å². The fourth-order valence-corrected chi connectivity index (χ4v) is 3.54. The zero-order valence-corrected chi connectivity index (χ0v) is 20.1. The van der Waals surface area contributed by atoms with Gasteiger partial charge in [0.1, 0.15) is 41.8 Å². The van der Waals surface area contributed by atoms with E-state index < -0.39 is 5.97 Å². The molecular weight excluding hydrogens is 432 g/mol. The van der Waals surface area contributed by atoms with Crippen LogP contribution in [-0.2, 0) is 24.4 Å². The average molecular weight is 463 g/mol. The molecule has 0 bridgehead atoms. The van der Waals surface area contributed by atoms with Crippen molar-refractivity contribution in [2.24, 2.45) is 0 Å². The van der Waals surface area contributed by atoms with E-state index in [1.807, 2.05) is 55.5 Å². The molecule has 0 saturated carbocycles. The Bertz CT molecular complexity index is 1120. The minimum Gasteiger partial charge on any atom is -0.497 e. The van der Waals surface area contributed by atoms with Gasteiger partial charge < -0.3 is 23.7 Å². The van der Waals surface area contributed by atoms with Crippen LogP contribution in [0.4, 0.5) is 0 Å². The highest BCUT2D eigenvalue weighted by molar-refractivity contribution is 5.95. The predicted octanol–water partition coefficient (Wildman–Crippen LogP) is 5.69. The van der Waals surface area contributed by atoms with E-state index in [4.69, 9.17) is 23.7 Å². The highest BCUT2D eigenvalue weighted by Gasteiger charge is 2.23. The molecule has 0 spiro atoms. The van der Waals surface area contributed by atoms with Crippen molar-refractivity contribution >= 4 is 5.97 Å². The number of hydrogen-bond donors (Lipinski definition) is 0. The van der Waals surface area contributed by atoms with E-state index in [2.05, 4.69) is 6.58 Å². The number of carbonyl (C=O) groups is 1. The van der Waals surface area contributed by atoms with Crippen molar-refractivity contribution in [1.82, 2.24) is 0 Å². The minimum atomic E-state index is -0.466. The van der Waals surface area contributed by atoms with E-state index in [0.29, 0.717) is 30.1 Å². The molecule has 0 amide bonds. The second kappa shape index (κ2) is 11.8. The Morgan fingerprint density at radius 2 is 1.32 bits per heavy atom. The summed E-state index contributed by atoms with van der Waals surface area (Å²) in [4.78, 5) is 12.7. The van der Waals surface area contributed by atoms with Crippen LogP contribution in [0.3, 0.4) is 0 Å². The first-order valence-corrected chi connectivity index (χ1v) is 10.9. The largest absolute Gasteiger partial charge is 0.497 e. The standard InChI is InChI=1S/C28H30O6/c1-6-7-24-19(2)25(33-17-20-8-12-22(30-3)13-9-20)16-26(27(24)28(29)32-5)34-18-21-10-14-23(31-4)15-11-21/h6,8-16H,1,7,17-18H2,2-5H3. The van der Waals surface area contributed by atoms with Crippen LogP contribution in [0.1, 0.15) is 32.6 Å². The lowest BCUT2D eigenvalue weighted by atomic mass is 9.97. The molecule has 0 N–H and O–H groups in total. The van der Waals surface area contributed by atoms with Crippen LogP contribution in [0.25, 0.3) is 0 Å². The van der Waals surface area contributed by atoms with Crippen molar-refractivity contribution in [1.29, 1.82) is 0 Å². The SMILES string of the molecule is C=CCc1c(C)c(OCc2ccc(OC)cc2)cc(OCc2ccc(OC)cc2)c1C(=O)OC. The van der Waals surface area contributed by atoms with Crippen LogP contribution in [0.2, 0.25) is 0 Å². The van der Waals surface area contributed by atoms with Crippen molar-refractivity contribution in [3.8, 4) is 23.0 Å². The van der Waals surface area contributed by atoms with Crippen molar-refractivity contribution in [3.63, 3.8) is 0 Å². The molecule has 0 heterocycles. The molecule has 6 heteroatoms. The molecule has 0 fully saturated rings. The molecule has 0 atom stereocenters. The van der Waals surface area contributed by atoms with Crippen molar-refractivity contribution in [2.75, 3.05) is 21.3 Å². The second-order valence-electron chi connectivity index (χ2n) is 7.61. The molecule has 3 rings (SSSR count). The Morgan fingerprint density at radius 3 is 1.76 bits per heavy atom. The van der Waals surface area contributed by atoms with Crippen LogP contribution >= 0.6 is 0 Å². The average Bonchev–Trinajstić information content (AvgIpc) is 2.88. The van der Waals surface area contributed by atoms with Gasteiger partial charge in [-0.2, -0.15) is 0 Å². The maximum Gasteiger partial charge on any atom is 0.341 e. The first kappa shape index (κ1) is 24.7. The first-order chi connectivity index (χ1) is 16.5. The van der Waals surface area contributed by atoms with Gasteiger partial charge in [0.25, 0.3) is 0 Å². The highest BCUT2D eigenvalue weighted by atomic mass is 16.5. The Morgan fingerprint density at radius 1 is 0.824 bits per heavy atom. The highest BCUT2D eigenvalue weighted by Crippen LogP contribution is 2.35. The van der Waals surface area contributed by atoms with Crippen molar-refractivity contribution in [3.05, 3.63) is 95.1 Å². The number of benzene rings is 3. The molecule has 6 nitrogen and oxygen atoms in total. The maximum absolute atomic E-state index is 12.7. The Labute approximate surface area is 200 Å². The van der Waals surface area contributed by atoms with E-state index >= 15 is 0 Å². The van der Waals surface area contributed by atoms with Crippen LogP contribution in [0.15, 0.2) is 67.3 Å². The summed E-state index contributed by atoms with van der Waals surface area (Å²) in [5.74, 6) is 2.10. The van der Waals surface area contributed by atoms with Crippen LogP contribution in [0, 0.1) is 6.92 Å². The topological polar surface area (TPSA) is 63.2 Å². The van der Waals surface area contributed by atoms with Gasteiger partial charge in [-0.3, -0.25) is 0 Å². The van der Waals surface area contributed by atoms with E-state index in [1.54, 1.807) is 26.4 Å². The van der Waals surface area contributed by atoms with Crippen molar-refractivity contribution < 1.29 is 28.5 Å². The van der Waals surface area contributed by atoms with Gasteiger partial charge >= 0.3 is 5.97 Å². The van der Waals surface area contributed by atoms with Gasteiger partial charge in [0.05, 0.1) is 21.3 Å². The quantitative estimate of drug-likeness (QED) is 0.270. The lowest BCUT2D eigenvalue weighted by molar-refractivity contribution is 0.0594. The fraction of sp³-hybridized carbons (Fsp3) is 0.250. The molecule has 34 heavy (non-hydrogen) atoms. The van der Waals surface area contributed by atoms with E-state index in [9.17, 15) is 4.79 Å². The summed E-state index contributed by atoms with van der Waals surface area (Å²) in [6.45, 7) is 6.38. The number of allylic oxidation sites excluding steroid dienone is 1. The number of rotatable bonds is 11. The third-order valence-electron chi connectivity index (χ3n) is 5.48.